The highest BCUT2D eigenvalue weighted by Crippen LogP contribution is 2.25. The summed E-state index contributed by atoms with van der Waals surface area (Å²) in [5.74, 6) is 0.818. The van der Waals surface area contributed by atoms with Crippen LogP contribution >= 0.6 is 0 Å². The largest absolute Gasteiger partial charge is 0.352 e. The highest BCUT2D eigenvalue weighted by Gasteiger charge is 2.21. The molecule has 1 heterocycles. The van der Waals surface area contributed by atoms with Crippen molar-refractivity contribution in [3.05, 3.63) is 35.4 Å². The molecule has 116 valence electrons. The minimum atomic E-state index is -0.0109. The predicted octanol–water partition coefficient (Wildman–Crippen LogP) is 3.10. The topological polar surface area (TPSA) is 41.1 Å². The zero-order chi connectivity index (χ0) is 15.3. The molecule has 1 fully saturated rings. The summed E-state index contributed by atoms with van der Waals surface area (Å²) in [6.07, 6.45) is 3.55. The Hall–Kier alpha value is -1.35. The molecule has 0 bridgehead atoms. The number of carbonyl (C=O) groups is 1. The molecule has 3 nitrogen and oxygen atoms in total. The molecular formula is C18H28N2O. The highest BCUT2D eigenvalue weighted by atomic mass is 16.1. The van der Waals surface area contributed by atoms with Gasteiger partial charge >= 0.3 is 0 Å². The molecule has 0 atom stereocenters. The molecule has 0 saturated carbocycles. The maximum atomic E-state index is 12.4. The minimum absolute atomic E-state index is 0.0109. The van der Waals surface area contributed by atoms with Crippen LogP contribution in [-0.2, 0) is 5.41 Å². The summed E-state index contributed by atoms with van der Waals surface area (Å²) in [5.41, 5.74) is 1.92. The molecule has 1 amide bonds. The molecule has 0 unspecified atom stereocenters. The first kappa shape index (κ1) is 16.0. The van der Waals surface area contributed by atoms with E-state index in [9.17, 15) is 4.79 Å². The molecule has 1 aliphatic heterocycles. The van der Waals surface area contributed by atoms with Crippen molar-refractivity contribution in [1.82, 2.24) is 10.6 Å². The van der Waals surface area contributed by atoms with Crippen LogP contribution < -0.4 is 10.6 Å². The van der Waals surface area contributed by atoms with Gasteiger partial charge in [0.15, 0.2) is 0 Å². The molecule has 1 aliphatic rings. The van der Waals surface area contributed by atoms with Gasteiger partial charge in [-0.25, -0.2) is 0 Å². The van der Waals surface area contributed by atoms with Crippen molar-refractivity contribution >= 4 is 5.91 Å². The van der Waals surface area contributed by atoms with Crippen LogP contribution in [0.1, 0.15) is 56.0 Å². The van der Waals surface area contributed by atoms with Crippen LogP contribution in [0.25, 0.3) is 0 Å². The van der Waals surface area contributed by atoms with Crippen LogP contribution in [0.3, 0.4) is 0 Å². The average molecular weight is 288 g/mol. The van der Waals surface area contributed by atoms with Gasteiger partial charge in [0, 0.05) is 12.1 Å². The van der Waals surface area contributed by atoms with Gasteiger partial charge in [0.25, 0.3) is 5.91 Å². The normalized spacial score (nSPS) is 16.7. The fourth-order valence-corrected chi connectivity index (χ4v) is 2.99. The third-order valence-electron chi connectivity index (χ3n) is 4.28. The maximum Gasteiger partial charge on any atom is 0.251 e. The number of rotatable bonds is 4. The van der Waals surface area contributed by atoms with Crippen molar-refractivity contribution in [2.45, 2.75) is 45.4 Å². The number of piperidine rings is 1. The first-order chi connectivity index (χ1) is 9.98. The van der Waals surface area contributed by atoms with Gasteiger partial charge in [-0.05, 0) is 55.3 Å². The average Bonchev–Trinajstić information content (AvgIpc) is 2.47. The molecule has 2 rings (SSSR count). The lowest BCUT2D eigenvalue weighted by atomic mass is 9.83. The van der Waals surface area contributed by atoms with E-state index in [1.807, 2.05) is 18.2 Å². The summed E-state index contributed by atoms with van der Waals surface area (Å²) in [6, 6.07) is 7.94. The van der Waals surface area contributed by atoms with Crippen molar-refractivity contribution in [1.29, 1.82) is 0 Å². The Morgan fingerprint density at radius 2 is 1.90 bits per heavy atom. The van der Waals surface area contributed by atoms with E-state index >= 15 is 0 Å². The van der Waals surface area contributed by atoms with Crippen LogP contribution in [0.4, 0.5) is 0 Å². The maximum absolute atomic E-state index is 12.4. The monoisotopic (exact) mass is 288 g/mol. The van der Waals surface area contributed by atoms with E-state index in [1.165, 1.54) is 12.8 Å². The van der Waals surface area contributed by atoms with E-state index in [1.54, 1.807) is 0 Å². The van der Waals surface area contributed by atoms with Crippen molar-refractivity contribution in [3.8, 4) is 0 Å². The quantitative estimate of drug-likeness (QED) is 0.894. The van der Waals surface area contributed by atoms with Crippen molar-refractivity contribution in [2.24, 2.45) is 5.92 Å². The zero-order valence-corrected chi connectivity index (χ0v) is 13.5. The van der Waals surface area contributed by atoms with Gasteiger partial charge in [0.1, 0.15) is 0 Å². The Morgan fingerprint density at radius 3 is 2.57 bits per heavy atom. The summed E-state index contributed by atoms with van der Waals surface area (Å²) in [5, 5.41) is 6.48. The second-order valence-corrected chi connectivity index (χ2v) is 7.03. The molecule has 1 aromatic carbocycles. The highest BCUT2D eigenvalue weighted by molar-refractivity contribution is 5.96. The summed E-state index contributed by atoms with van der Waals surface area (Å²) >= 11 is 0. The molecule has 3 heteroatoms. The number of nitrogens with one attached hydrogen (secondary N) is 2. The Balaban J connectivity index is 1.91. The van der Waals surface area contributed by atoms with Crippen molar-refractivity contribution in [3.63, 3.8) is 0 Å². The molecule has 21 heavy (non-hydrogen) atoms. The van der Waals surface area contributed by atoms with Gasteiger partial charge in [-0.1, -0.05) is 39.0 Å². The van der Waals surface area contributed by atoms with Gasteiger partial charge in [-0.15, -0.1) is 0 Å². The van der Waals surface area contributed by atoms with E-state index in [-0.39, 0.29) is 11.3 Å². The summed E-state index contributed by atoms with van der Waals surface area (Å²) in [4.78, 5) is 12.4. The first-order valence-electron chi connectivity index (χ1n) is 8.07. The van der Waals surface area contributed by atoms with E-state index in [4.69, 9.17) is 0 Å². The fourth-order valence-electron chi connectivity index (χ4n) is 2.99. The molecule has 2 N–H and O–H groups in total. The number of amides is 1. The van der Waals surface area contributed by atoms with Crippen LogP contribution in [-0.4, -0.2) is 25.5 Å². The second kappa shape index (κ2) is 7.08. The lowest BCUT2D eigenvalue weighted by Crippen LogP contribution is -2.32. The third-order valence-corrected chi connectivity index (χ3v) is 4.28. The predicted molar refractivity (Wildman–Crippen MR) is 87.7 cm³/mol. The van der Waals surface area contributed by atoms with Crippen LogP contribution in [0.2, 0.25) is 0 Å². The van der Waals surface area contributed by atoms with Crippen LogP contribution in [0.5, 0.6) is 0 Å². The lowest BCUT2D eigenvalue weighted by molar-refractivity contribution is 0.0948. The van der Waals surface area contributed by atoms with E-state index in [0.29, 0.717) is 0 Å². The van der Waals surface area contributed by atoms with E-state index in [0.717, 1.165) is 43.1 Å². The first-order valence-corrected chi connectivity index (χ1v) is 8.07. The Bertz CT molecular complexity index is 470. The second-order valence-electron chi connectivity index (χ2n) is 7.03. The zero-order valence-electron chi connectivity index (χ0n) is 13.5. The number of hydrogen-bond acceptors (Lipinski definition) is 2. The summed E-state index contributed by atoms with van der Waals surface area (Å²) in [6.45, 7) is 9.45. The number of benzene rings is 1. The van der Waals surface area contributed by atoms with Gasteiger partial charge in [0.2, 0.25) is 0 Å². The van der Waals surface area contributed by atoms with Crippen molar-refractivity contribution < 1.29 is 4.79 Å². The van der Waals surface area contributed by atoms with Crippen LogP contribution in [0.15, 0.2) is 24.3 Å². The third kappa shape index (κ3) is 4.57. The molecular weight excluding hydrogens is 260 g/mol. The number of carbonyl (C=O) groups excluding carboxylic acids is 1. The number of hydrogen-bond donors (Lipinski definition) is 2. The van der Waals surface area contributed by atoms with Gasteiger partial charge in [-0.3, -0.25) is 4.79 Å². The van der Waals surface area contributed by atoms with Crippen LogP contribution in [0, 0.1) is 5.92 Å². The van der Waals surface area contributed by atoms with E-state index < -0.39 is 0 Å². The van der Waals surface area contributed by atoms with Gasteiger partial charge in [-0.2, -0.15) is 0 Å². The smallest absolute Gasteiger partial charge is 0.251 e. The van der Waals surface area contributed by atoms with Gasteiger partial charge < -0.3 is 10.6 Å². The van der Waals surface area contributed by atoms with E-state index in [2.05, 4.69) is 37.5 Å². The summed E-state index contributed by atoms with van der Waals surface area (Å²) < 4.78 is 0. The van der Waals surface area contributed by atoms with Crippen molar-refractivity contribution in [2.75, 3.05) is 19.6 Å². The Kier molecular flexibility index (Phi) is 5.40. The standard InChI is InChI=1S/C18H28N2O/c1-18(2,3)16-7-5-4-6-15(16)17(21)20-13-10-14-8-11-19-12-9-14/h4-7,14,19H,8-13H2,1-3H3,(H,20,21). The molecule has 0 spiro atoms. The Labute approximate surface area is 128 Å². The van der Waals surface area contributed by atoms with Gasteiger partial charge in [0.05, 0.1) is 0 Å². The lowest BCUT2D eigenvalue weighted by Gasteiger charge is -2.24. The summed E-state index contributed by atoms with van der Waals surface area (Å²) in [7, 11) is 0. The fraction of sp³-hybridized carbons (Fsp3) is 0.611. The molecule has 0 aliphatic carbocycles. The minimum Gasteiger partial charge on any atom is -0.352 e. The molecule has 1 aromatic rings. The molecule has 0 radical (unpaired) electrons. The SMILES string of the molecule is CC(C)(C)c1ccccc1C(=O)NCCC1CCNCC1. The molecule has 0 aromatic heterocycles. The molecule has 1 saturated heterocycles. The Morgan fingerprint density at radius 1 is 1.24 bits per heavy atom.